The van der Waals surface area contributed by atoms with E-state index in [1.807, 2.05) is 18.2 Å². The standard InChI is InChI=1S/C24H26N6O5/c1-3-12-33-22-26-23(34-13-4-2)28-24(27-22)35-16-19-15-30(11-14-32-19)21(31)18-7-5-17(6-8-18)20-9-10-25-29-20/h3-10,19H,1-2,11-16H2,(H,25,29). The van der Waals surface area contributed by atoms with Gasteiger partial charge in [-0.25, -0.2) is 0 Å². The van der Waals surface area contributed by atoms with Crippen molar-refractivity contribution in [3.8, 4) is 29.3 Å². The van der Waals surface area contributed by atoms with Gasteiger partial charge in [0, 0.05) is 18.3 Å². The Morgan fingerprint density at radius 2 is 1.69 bits per heavy atom. The first-order valence-corrected chi connectivity index (χ1v) is 11.0. The first-order valence-electron chi connectivity index (χ1n) is 11.0. The molecule has 2 aromatic heterocycles. The van der Waals surface area contributed by atoms with Gasteiger partial charge in [-0.05, 0) is 23.8 Å². The van der Waals surface area contributed by atoms with Gasteiger partial charge in [0.05, 0.1) is 18.8 Å². The Hall–Kier alpha value is -4.25. The summed E-state index contributed by atoms with van der Waals surface area (Å²) in [6.45, 7) is 9.02. The maximum Gasteiger partial charge on any atom is 0.326 e. The third-order valence-corrected chi connectivity index (χ3v) is 5.00. The number of aromatic amines is 1. The van der Waals surface area contributed by atoms with Crippen molar-refractivity contribution < 1.29 is 23.7 Å². The van der Waals surface area contributed by atoms with E-state index in [0.717, 1.165) is 11.3 Å². The molecule has 1 fully saturated rings. The lowest BCUT2D eigenvalue weighted by Crippen LogP contribution is -2.47. The normalized spacial score (nSPS) is 15.3. The van der Waals surface area contributed by atoms with Crippen molar-refractivity contribution in [1.29, 1.82) is 0 Å². The first kappa shape index (κ1) is 23.9. The predicted molar refractivity (Wildman–Crippen MR) is 126 cm³/mol. The van der Waals surface area contributed by atoms with Gasteiger partial charge in [0.15, 0.2) is 0 Å². The molecule has 11 heteroatoms. The summed E-state index contributed by atoms with van der Waals surface area (Å²) >= 11 is 0. The zero-order chi connectivity index (χ0) is 24.5. The fourth-order valence-corrected chi connectivity index (χ4v) is 3.34. The molecule has 0 saturated carbocycles. The van der Waals surface area contributed by atoms with Gasteiger partial charge in [0.25, 0.3) is 5.91 Å². The van der Waals surface area contributed by atoms with E-state index in [9.17, 15) is 4.79 Å². The number of amides is 1. The molecule has 1 aliphatic heterocycles. The number of rotatable bonds is 11. The van der Waals surface area contributed by atoms with Gasteiger partial charge < -0.3 is 23.8 Å². The number of aromatic nitrogens is 5. The van der Waals surface area contributed by atoms with Crippen molar-refractivity contribution in [2.45, 2.75) is 6.10 Å². The number of carbonyl (C=O) groups is 1. The molecule has 1 saturated heterocycles. The number of nitrogens with one attached hydrogen (secondary N) is 1. The van der Waals surface area contributed by atoms with E-state index in [2.05, 4.69) is 38.3 Å². The summed E-state index contributed by atoms with van der Waals surface area (Å²) in [6.07, 6.45) is 4.47. The van der Waals surface area contributed by atoms with Crippen LogP contribution in [0.4, 0.5) is 0 Å². The van der Waals surface area contributed by atoms with Gasteiger partial charge in [-0.2, -0.15) is 5.10 Å². The minimum Gasteiger partial charge on any atom is -0.460 e. The Bertz CT molecular complexity index is 1110. The summed E-state index contributed by atoms with van der Waals surface area (Å²) in [5.74, 6) is -0.0742. The largest absolute Gasteiger partial charge is 0.460 e. The Morgan fingerprint density at radius 3 is 2.29 bits per heavy atom. The van der Waals surface area contributed by atoms with Crippen molar-refractivity contribution in [2.24, 2.45) is 0 Å². The second kappa shape index (κ2) is 11.7. The minimum absolute atomic E-state index is 0.0274. The Morgan fingerprint density at radius 1 is 1.03 bits per heavy atom. The molecule has 1 unspecified atom stereocenters. The summed E-state index contributed by atoms with van der Waals surface area (Å²) in [7, 11) is 0. The molecule has 1 amide bonds. The van der Waals surface area contributed by atoms with Crippen molar-refractivity contribution >= 4 is 5.91 Å². The lowest BCUT2D eigenvalue weighted by atomic mass is 10.1. The molecule has 0 spiro atoms. The second-order valence-electron chi connectivity index (χ2n) is 7.49. The average molecular weight is 479 g/mol. The molecule has 1 N–H and O–H groups in total. The number of morpholine rings is 1. The fourth-order valence-electron chi connectivity index (χ4n) is 3.34. The molecule has 1 aromatic carbocycles. The molecule has 35 heavy (non-hydrogen) atoms. The van der Waals surface area contributed by atoms with E-state index < -0.39 is 0 Å². The zero-order valence-electron chi connectivity index (χ0n) is 19.1. The van der Waals surface area contributed by atoms with Gasteiger partial charge in [-0.3, -0.25) is 9.89 Å². The highest BCUT2D eigenvalue weighted by Crippen LogP contribution is 2.19. The van der Waals surface area contributed by atoms with Crippen LogP contribution in [0.1, 0.15) is 10.4 Å². The van der Waals surface area contributed by atoms with Crippen molar-refractivity contribution in [1.82, 2.24) is 30.0 Å². The number of ether oxygens (including phenoxy) is 4. The van der Waals surface area contributed by atoms with Gasteiger partial charge in [-0.15, -0.1) is 15.0 Å². The molecule has 1 aliphatic rings. The molecule has 1 atom stereocenters. The lowest BCUT2D eigenvalue weighted by molar-refractivity contribution is -0.0415. The zero-order valence-corrected chi connectivity index (χ0v) is 19.1. The van der Waals surface area contributed by atoms with E-state index >= 15 is 0 Å². The second-order valence-corrected chi connectivity index (χ2v) is 7.49. The molecule has 3 aromatic rings. The van der Waals surface area contributed by atoms with E-state index in [1.165, 1.54) is 0 Å². The Balaban J connectivity index is 1.36. The highest BCUT2D eigenvalue weighted by molar-refractivity contribution is 5.94. The van der Waals surface area contributed by atoms with Crippen LogP contribution in [-0.2, 0) is 4.74 Å². The quantitative estimate of drug-likeness (QED) is 0.413. The van der Waals surface area contributed by atoms with Crippen LogP contribution in [0, 0.1) is 0 Å². The minimum atomic E-state index is -0.358. The number of hydrogen-bond acceptors (Lipinski definition) is 9. The van der Waals surface area contributed by atoms with E-state index in [0.29, 0.717) is 25.3 Å². The molecule has 0 radical (unpaired) electrons. The van der Waals surface area contributed by atoms with Crippen LogP contribution in [-0.4, -0.2) is 81.6 Å². The predicted octanol–water partition coefficient (Wildman–Crippen LogP) is 2.31. The van der Waals surface area contributed by atoms with Gasteiger partial charge >= 0.3 is 18.0 Å². The Kier molecular flexibility index (Phi) is 8.02. The van der Waals surface area contributed by atoms with Crippen molar-refractivity contribution in [3.63, 3.8) is 0 Å². The molecular weight excluding hydrogens is 452 g/mol. The molecule has 0 aliphatic carbocycles. The average Bonchev–Trinajstić information content (AvgIpc) is 3.44. The van der Waals surface area contributed by atoms with Crippen molar-refractivity contribution in [3.05, 3.63) is 67.4 Å². The van der Waals surface area contributed by atoms with E-state index in [4.69, 9.17) is 18.9 Å². The van der Waals surface area contributed by atoms with Crippen LogP contribution in [0.2, 0.25) is 0 Å². The van der Waals surface area contributed by atoms with E-state index in [1.54, 1.807) is 35.4 Å². The van der Waals surface area contributed by atoms with Crippen LogP contribution in [0.3, 0.4) is 0 Å². The first-order chi connectivity index (χ1) is 17.2. The van der Waals surface area contributed by atoms with Crippen LogP contribution in [0.15, 0.2) is 61.8 Å². The smallest absolute Gasteiger partial charge is 0.326 e. The number of hydrogen-bond donors (Lipinski definition) is 1. The fraction of sp³-hybridized carbons (Fsp3) is 0.292. The monoisotopic (exact) mass is 478 g/mol. The summed E-state index contributed by atoms with van der Waals surface area (Å²) in [4.78, 5) is 27.1. The maximum absolute atomic E-state index is 13.0. The molecule has 3 heterocycles. The number of benzene rings is 1. The summed E-state index contributed by atoms with van der Waals surface area (Å²) < 4.78 is 22.3. The topological polar surface area (TPSA) is 125 Å². The molecule has 11 nitrogen and oxygen atoms in total. The van der Waals surface area contributed by atoms with Gasteiger partial charge in [-0.1, -0.05) is 37.4 Å². The number of carbonyl (C=O) groups excluding carboxylic acids is 1. The maximum atomic E-state index is 13.0. The van der Waals surface area contributed by atoms with Crippen molar-refractivity contribution in [2.75, 3.05) is 39.5 Å². The SMILES string of the molecule is C=CCOc1nc(OCC=C)nc(OCC2CN(C(=O)c3ccc(-c4ccn[nH]4)cc3)CCO2)n1. The molecule has 182 valence electrons. The number of nitrogens with zero attached hydrogens (tertiary/aromatic N) is 5. The molecule has 4 rings (SSSR count). The van der Waals surface area contributed by atoms with Crippen LogP contribution in [0.25, 0.3) is 11.3 Å². The van der Waals surface area contributed by atoms with Gasteiger partial charge in [0.2, 0.25) is 0 Å². The Labute approximate surface area is 202 Å². The molecule has 0 bridgehead atoms. The summed E-state index contributed by atoms with van der Waals surface area (Å²) in [6, 6.07) is 9.39. The van der Waals surface area contributed by atoms with Crippen LogP contribution in [0.5, 0.6) is 18.0 Å². The number of H-pyrrole nitrogens is 1. The third kappa shape index (κ3) is 6.42. The third-order valence-electron chi connectivity index (χ3n) is 5.00. The highest BCUT2D eigenvalue weighted by Gasteiger charge is 2.26. The molecular formula is C24H26N6O5. The summed E-state index contributed by atoms with van der Waals surface area (Å²) in [5, 5.41) is 6.86. The summed E-state index contributed by atoms with van der Waals surface area (Å²) in [5.41, 5.74) is 2.44. The van der Waals surface area contributed by atoms with Gasteiger partial charge in [0.1, 0.15) is 25.9 Å². The van der Waals surface area contributed by atoms with Crippen LogP contribution >= 0.6 is 0 Å². The lowest BCUT2D eigenvalue weighted by Gasteiger charge is -2.32. The van der Waals surface area contributed by atoms with Crippen LogP contribution < -0.4 is 14.2 Å². The highest BCUT2D eigenvalue weighted by atomic mass is 16.6. The van der Waals surface area contributed by atoms with E-state index in [-0.39, 0.29) is 49.9 Å².